The zero-order valence-electron chi connectivity index (χ0n) is 9.14. The van der Waals surface area contributed by atoms with Gasteiger partial charge in [-0.1, -0.05) is 34.1 Å². The molecule has 0 amide bonds. The van der Waals surface area contributed by atoms with Crippen molar-refractivity contribution in [3.05, 3.63) is 0 Å². The Labute approximate surface area is 80.7 Å². The quantitative estimate of drug-likeness (QED) is 0.616. The fourth-order valence-corrected chi connectivity index (χ4v) is 0.907. The van der Waals surface area contributed by atoms with E-state index in [9.17, 15) is 9.59 Å². The lowest BCUT2D eigenvalue weighted by atomic mass is 9.87. The highest BCUT2D eigenvalue weighted by Crippen LogP contribution is 2.17. The SMILES string of the molecule is CCCCC(=O)CC(=O)C(C)(C)C. The standard InChI is InChI=1S/C11H20O2/c1-5-6-7-9(12)8-10(13)11(2,3)4/h5-8H2,1-4H3. The van der Waals surface area contributed by atoms with Crippen LogP contribution in [0.4, 0.5) is 0 Å². The molecule has 0 atom stereocenters. The molecule has 76 valence electrons. The molecule has 2 heteroatoms. The molecule has 0 N–H and O–H groups in total. The van der Waals surface area contributed by atoms with Crippen molar-refractivity contribution in [2.45, 2.75) is 53.4 Å². The Morgan fingerprint density at radius 2 is 1.69 bits per heavy atom. The minimum atomic E-state index is -0.373. The summed E-state index contributed by atoms with van der Waals surface area (Å²) in [5, 5.41) is 0. The second-order valence-electron chi connectivity index (χ2n) is 4.49. The average molecular weight is 184 g/mol. The lowest BCUT2D eigenvalue weighted by Crippen LogP contribution is -2.22. The number of hydrogen-bond acceptors (Lipinski definition) is 2. The molecule has 2 nitrogen and oxygen atoms in total. The second kappa shape index (κ2) is 5.15. The van der Waals surface area contributed by atoms with E-state index in [1.54, 1.807) is 0 Å². The zero-order chi connectivity index (χ0) is 10.5. The summed E-state index contributed by atoms with van der Waals surface area (Å²) in [4.78, 5) is 22.7. The third kappa shape index (κ3) is 5.56. The van der Waals surface area contributed by atoms with Gasteiger partial charge in [0.15, 0.2) is 0 Å². The third-order valence-corrected chi connectivity index (χ3v) is 2.00. The highest BCUT2D eigenvalue weighted by atomic mass is 16.1. The molecular formula is C11H20O2. The monoisotopic (exact) mass is 184 g/mol. The molecule has 0 radical (unpaired) electrons. The van der Waals surface area contributed by atoms with Crippen molar-refractivity contribution in [1.82, 2.24) is 0 Å². The lowest BCUT2D eigenvalue weighted by molar-refractivity contribution is -0.131. The molecule has 0 unspecified atom stereocenters. The van der Waals surface area contributed by atoms with E-state index < -0.39 is 0 Å². The van der Waals surface area contributed by atoms with Gasteiger partial charge in [0.1, 0.15) is 11.6 Å². The Morgan fingerprint density at radius 1 is 1.15 bits per heavy atom. The van der Waals surface area contributed by atoms with Crippen LogP contribution in [0.3, 0.4) is 0 Å². The summed E-state index contributed by atoms with van der Waals surface area (Å²) in [6.07, 6.45) is 2.58. The van der Waals surface area contributed by atoms with E-state index in [2.05, 4.69) is 0 Å². The van der Waals surface area contributed by atoms with E-state index in [4.69, 9.17) is 0 Å². The van der Waals surface area contributed by atoms with Crippen LogP contribution in [0.5, 0.6) is 0 Å². The molecule has 0 saturated heterocycles. The maximum absolute atomic E-state index is 11.4. The van der Waals surface area contributed by atoms with Crippen LogP contribution in [0.2, 0.25) is 0 Å². The van der Waals surface area contributed by atoms with Crippen molar-refractivity contribution in [2.75, 3.05) is 0 Å². The Kier molecular flexibility index (Phi) is 4.89. The summed E-state index contributed by atoms with van der Waals surface area (Å²) in [5.41, 5.74) is -0.373. The largest absolute Gasteiger partial charge is 0.299 e. The highest BCUT2D eigenvalue weighted by molar-refractivity contribution is 6.01. The first-order valence-corrected chi connectivity index (χ1v) is 4.93. The summed E-state index contributed by atoms with van der Waals surface area (Å²) in [7, 11) is 0. The van der Waals surface area contributed by atoms with Crippen LogP contribution in [-0.4, -0.2) is 11.6 Å². The first-order valence-electron chi connectivity index (χ1n) is 4.93. The molecule has 0 aromatic carbocycles. The molecular weight excluding hydrogens is 164 g/mol. The van der Waals surface area contributed by atoms with E-state index in [1.165, 1.54) is 0 Å². The summed E-state index contributed by atoms with van der Waals surface area (Å²) in [5.74, 6) is 0.135. The maximum atomic E-state index is 11.4. The normalized spacial score (nSPS) is 11.4. The van der Waals surface area contributed by atoms with Gasteiger partial charge in [0.2, 0.25) is 0 Å². The van der Waals surface area contributed by atoms with Crippen LogP contribution >= 0.6 is 0 Å². The number of hydrogen-bond donors (Lipinski definition) is 0. The van der Waals surface area contributed by atoms with Gasteiger partial charge in [-0.2, -0.15) is 0 Å². The van der Waals surface area contributed by atoms with Gasteiger partial charge in [-0.15, -0.1) is 0 Å². The summed E-state index contributed by atoms with van der Waals surface area (Å²) < 4.78 is 0. The smallest absolute Gasteiger partial charge is 0.145 e. The minimum absolute atomic E-state index is 0.0496. The van der Waals surface area contributed by atoms with Crippen LogP contribution in [0.15, 0.2) is 0 Å². The molecule has 0 aliphatic heterocycles. The summed E-state index contributed by atoms with van der Waals surface area (Å²) >= 11 is 0. The van der Waals surface area contributed by atoms with Crippen molar-refractivity contribution in [3.8, 4) is 0 Å². The first kappa shape index (κ1) is 12.3. The molecule has 0 rings (SSSR count). The Hall–Kier alpha value is -0.660. The minimum Gasteiger partial charge on any atom is -0.299 e. The predicted molar refractivity (Wildman–Crippen MR) is 53.6 cm³/mol. The van der Waals surface area contributed by atoms with Crippen LogP contribution in [0, 0.1) is 5.41 Å². The van der Waals surface area contributed by atoms with Crippen molar-refractivity contribution < 1.29 is 9.59 Å². The fraction of sp³-hybridized carbons (Fsp3) is 0.818. The number of carbonyl (C=O) groups is 2. The molecule has 0 fully saturated rings. The highest BCUT2D eigenvalue weighted by Gasteiger charge is 2.22. The number of ketones is 2. The number of unbranched alkanes of at least 4 members (excludes halogenated alkanes) is 1. The van der Waals surface area contributed by atoms with Crippen molar-refractivity contribution >= 4 is 11.6 Å². The molecule has 0 aliphatic rings. The summed E-state index contributed by atoms with van der Waals surface area (Å²) in [6, 6.07) is 0. The molecule has 0 heterocycles. The zero-order valence-corrected chi connectivity index (χ0v) is 9.14. The molecule has 0 aromatic rings. The molecule has 0 aliphatic carbocycles. The van der Waals surface area contributed by atoms with E-state index in [-0.39, 0.29) is 23.4 Å². The van der Waals surface area contributed by atoms with E-state index in [1.807, 2.05) is 27.7 Å². The van der Waals surface area contributed by atoms with Gasteiger partial charge in [-0.05, 0) is 6.42 Å². The van der Waals surface area contributed by atoms with Gasteiger partial charge < -0.3 is 0 Å². The second-order valence-corrected chi connectivity index (χ2v) is 4.49. The van der Waals surface area contributed by atoms with Crippen LogP contribution in [0.25, 0.3) is 0 Å². The number of carbonyl (C=O) groups excluding carboxylic acids is 2. The predicted octanol–water partition coefficient (Wildman–Crippen LogP) is 2.75. The Balaban J connectivity index is 3.86. The van der Waals surface area contributed by atoms with Gasteiger partial charge in [0.25, 0.3) is 0 Å². The molecule has 0 saturated carbocycles. The molecule has 13 heavy (non-hydrogen) atoms. The number of Topliss-reactive ketones (excluding diaryl/α,β-unsaturated/α-hetero) is 2. The molecule has 0 aromatic heterocycles. The fourth-order valence-electron chi connectivity index (χ4n) is 0.907. The van der Waals surface area contributed by atoms with Crippen LogP contribution < -0.4 is 0 Å². The molecule has 0 bridgehead atoms. The van der Waals surface area contributed by atoms with Gasteiger partial charge >= 0.3 is 0 Å². The van der Waals surface area contributed by atoms with Crippen LogP contribution in [0.1, 0.15) is 53.4 Å². The van der Waals surface area contributed by atoms with E-state index in [0.717, 1.165) is 12.8 Å². The van der Waals surface area contributed by atoms with E-state index in [0.29, 0.717) is 6.42 Å². The van der Waals surface area contributed by atoms with Crippen molar-refractivity contribution in [3.63, 3.8) is 0 Å². The van der Waals surface area contributed by atoms with E-state index >= 15 is 0 Å². The first-order chi connectivity index (χ1) is 5.88. The third-order valence-electron chi connectivity index (χ3n) is 2.00. The topological polar surface area (TPSA) is 34.1 Å². The van der Waals surface area contributed by atoms with Gasteiger partial charge in [-0.3, -0.25) is 9.59 Å². The summed E-state index contributed by atoms with van der Waals surface area (Å²) in [6.45, 7) is 7.59. The van der Waals surface area contributed by atoms with Crippen molar-refractivity contribution in [1.29, 1.82) is 0 Å². The van der Waals surface area contributed by atoms with Gasteiger partial charge in [0.05, 0.1) is 6.42 Å². The maximum Gasteiger partial charge on any atom is 0.145 e. The van der Waals surface area contributed by atoms with Gasteiger partial charge in [0, 0.05) is 11.8 Å². The van der Waals surface area contributed by atoms with Gasteiger partial charge in [-0.25, -0.2) is 0 Å². The Bertz CT molecular complexity index is 187. The molecule has 0 spiro atoms. The Morgan fingerprint density at radius 3 is 2.08 bits per heavy atom. The lowest BCUT2D eigenvalue weighted by Gasteiger charge is -2.15. The van der Waals surface area contributed by atoms with Crippen molar-refractivity contribution in [2.24, 2.45) is 5.41 Å². The average Bonchev–Trinajstić information content (AvgIpc) is 1.99. The number of rotatable bonds is 5. The van der Waals surface area contributed by atoms with Crippen LogP contribution in [-0.2, 0) is 9.59 Å².